The minimum Gasteiger partial charge on any atom is -0.377 e. The summed E-state index contributed by atoms with van der Waals surface area (Å²) in [5, 5.41) is 0. The van der Waals surface area contributed by atoms with E-state index in [4.69, 9.17) is 0 Å². The number of rotatable bonds is 4. The summed E-state index contributed by atoms with van der Waals surface area (Å²) in [6, 6.07) is 0. The van der Waals surface area contributed by atoms with Crippen LogP contribution in [-0.2, 0) is 19.1 Å². The van der Waals surface area contributed by atoms with E-state index in [1.54, 1.807) is 0 Å². The summed E-state index contributed by atoms with van der Waals surface area (Å²) in [7, 11) is 1.42. The number of imide groups is 1. The Labute approximate surface area is 93.7 Å². The van der Waals surface area contributed by atoms with Crippen LogP contribution in [0.1, 0.15) is 19.3 Å². The molecule has 0 bridgehead atoms. The molecule has 1 aliphatic carbocycles. The van der Waals surface area contributed by atoms with Gasteiger partial charge in [-0.15, -0.1) is 0 Å². The molecule has 5 nitrogen and oxygen atoms in total. The van der Waals surface area contributed by atoms with Crippen LogP contribution in [0, 0.1) is 11.8 Å². The van der Waals surface area contributed by atoms with E-state index in [-0.39, 0.29) is 42.6 Å². The molecule has 0 N–H and O–H groups in total. The number of Topliss-reactive ketones (excluding diaryl/α,β-unsaturated/α-hetero) is 1. The number of hydrogen-bond acceptors (Lipinski definition) is 4. The molecule has 2 fully saturated rings. The van der Waals surface area contributed by atoms with Gasteiger partial charge in [-0.2, -0.15) is 0 Å². The summed E-state index contributed by atoms with van der Waals surface area (Å²) in [6.45, 7) is -0.176. The van der Waals surface area contributed by atoms with Crippen molar-refractivity contribution in [2.24, 2.45) is 11.8 Å². The lowest BCUT2D eigenvalue weighted by molar-refractivity contribution is -0.144. The average molecular weight is 225 g/mol. The van der Waals surface area contributed by atoms with Gasteiger partial charge in [0.2, 0.25) is 11.8 Å². The minimum absolute atomic E-state index is 0.0492. The standard InChI is InChI=1S/C11H15NO4/c1-16-6-7(13)5-12-10(14)8-3-2-4-9(8)11(12)15/h8-9H,2-6H2,1H3. The van der Waals surface area contributed by atoms with Crippen LogP contribution in [0.5, 0.6) is 0 Å². The number of ether oxygens (including phenoxy) is 1. The van der Waals surface area contributed by atoms with Crippen molar-refractivity contribution >= 4 is 17.6 Å². The van der Waals surface area contributed by atoms with Crippen molar-refractivity contribution in [2.75, 3.05) is 20.3 Å². The van der Waals surface area contributed by atoms with E-state index in [1.165, 1.54) is 7.11 Å². The van der Waals surface area contributed by atoms with Gasteiger partial charge in [-0.25, -0.2) is 0 Å². The van der Waals surface area contributed by atoms with Crippen LogP contribution in [-0.4, -0.2) is 42.8 Å². The fourth-order valence-electron chi connectivity index (χ4n) is 2.60. The van der Waals surface area contributed by atoms with Crippen molar-refractivity contribution in [1.82, 2.24) is 4.90 Å². The third-order valence-electron chi connectivity index (χ3n) is 3.32. The van der Waals surface area contributed by atoms with Crippen molar-refractivity contribution in [1.29, 1.82) is 0 Å². The third kappa shape index (κ3) is 1.75. The van der Waals surface area contributed by atoms with Crippen molar-refractivity contribution in [3.8, 4) is 0 Å². The normalized spacial score (nSPS) is 28.7. The van der Waals surface area contributed by atoms with Gasteiger partial charge in [-0.3, -0.25) is 19.3 Å². The summed E-state index contributed by atoms with van der Waals surface area (Å²) in [6.07, 6.45) is 2.50. The molecule has 16 heavy (non-hydrogen) atoms. The molecular formula is C11H15NO4. The first-order chi connectivity index (χ1) is 7.65. The fraction of sp³-hybridized carbons (Fsp3) is 0.727. The quantitative estimate of drug-likeness (QED) is 0.631. The largest absolute Gasteiger partial charge is 0.377 e. The molecule has 0 aromatic heterocycles. The van der Waals surface area contributed by atoms with Gasteiger partial charge in [0.1, 0.15) is 6.61 Å². The number of hydrogen-bond donors (Lipinski definition) is 0. The Morgan fingerprint density at radius 2 is 1.88 bits per heavy atom. The molecule has 5 heteroatoms. The summed E-state index contributed by atoms with van der Waals surface area (Å²) >= 11 is 0. The molecule has 2 aliphatic rings. The van der Waals surface area contributed by atoms with Crippen LogP contribution in [0.25, 0.3) is 0 Å². The summed E-state index contributed by atoms with van der Waals surface area (Å²) in [5.74, 6) is -0.899. The fourth-order valence-corrected chi connectivity index (χ4v) is 2.60. The van der Waals surface area contributed by atoms with Gasteiger partial charge >= 0.3 is 0 Å². The predicted octanol–water partition coefficient (Wildman–Crippen LogP) is -0.0130. The molecule has 0 aromatic rings. The Kier molecular flexibility index (Phi) is 3.05. The van der Waals surface area contributed by atoms with Crippen LogP contribution in [0.4, 0.5) is 0 Å². The summed E-state index contributed by atoms with van der Waals surface area (Å²) in [5.41, 5.74) is 0. The first-order valence-electron chi connectivity index (χ1n) is 5.51. The topological polar surface area (TPSA) is 63.7 Å². The van der Waals surface area contributed by atoms with E-state index in [2.05, 4.69) is 4.74 Å². The number of nitrogens with zero attached hydrogens (tertiary/aromatic N) is 1. The average Bonchev–Trinajstić information content (AvgIpc) is 2.79. The molecule has 2 amide bonds. The van der Waals surface area contributed by atoms with Crippen molar-refractivity contribution < 1.29 is 19.1 Å². The highest BCUT2D eigenvalue weighted by atomic mass is 16.5. The zero-order valence-electron chi connectivity index (χ0n) is 9.27. The molecule has 2 unspecified atom stereocenters. The second-order valence-corrected chi connectivity index (χ2v) is 4.38. The maximum absolute atomic E-state index is 11.8. The Balaban J connectivity index is 2.03. The number of carbonyl (C=O) groups is 3. The maximum Gasteiger partial charge on any atom is 0.233 e. The highest BCUT2D eigenvalue weighted by Crippen LogP contribution is 2.39. The Hall–Kier alpha value is -1.23. The van der Waals surface area contributed by atoms with E-state index in [0.717, 1.165) is 24.2 Å². The minimum atomic E-state index is -0.232. The molecule has 88 valence electrons. The third-order valence-corrected chi connectivity index (χ3v) is 3.32. The van der Waals surface area contributed by atoms with Crippen molar-refractivity contribution in [3.63, 3.8) is 0 Å². The van der Waals surface area contributed by atoms with E-state index in [9.17, 15) is 14.4 Å². The summed E-state index contributed by atoms with van der Waals surface area (Å²) in [4.78, 5) is 36.1. The zero-order valence-corrected chi connectivity index (χ0v) is 9.27. The van der Waals surface area contributed by atoms with Crippen LogP contribution in [0.3, 0.4) is 0 Å². The molecule has 0 spiro atoms. The molecule has 0 aromatic carbocycles. The first kappa shape index (κ1) is 11.3. The Morgan fingerprint density at radius 1 is 1.31 bits per heavy atom. The number of likely N-dealkylation sites (tertiary alicyclic amines) is 1. The highest BCUT2D eigenvalue weighted by molar-refractivity contribution is 6.07. The number of amides is 2. The van der Waals surface area contributed by atoms with Gasteiger partial charge < -0.3 is 4.74 Å². The van der Waals surface area contributed by atoms with Crippen LogP contribution in [0.15, 0.2) is 0 Å². The van der Waals surface area contributed by atoms with Gasteiger partial charge in [0.25, 0.3) is 0 Å². The molecular weight excluding hydrogens is 210 g/mol. The monoisotopic (exact) mass is 225 g/mol. The van der Waals surface area contributed by atoms with Gasteiger partial charge in [-0.05, 0) is 12.8 Å². The zero-order chi connectivity index (χ0) is 11.7. The molecule has 2 atom stereocenters. The van der Waals surface area contributed by atoms with E-state index < -0.39 is 0 Å². The summed E-state index contributed by atoms with van der Waals surface area (Å²) < 4.78 is 4.68. The van der Waals surface area contributed by atoms with Gasteiger partial charge in [0.15, 0.2) is 5.78 Å². The molecule has 1 heterocycles. The molecule has 1 saturated carbocycles. The number of ketones is 1. The smallest absolute Gasteiger partial charge is 0.233 e. The van der Waals surface area contributed by atoms with Crippen LogP contribution in [0.2, 0.25) is 0 Å². The molecule has 0 radical (unpaired) electrons. The highest BCUT2D eigenvalue weighted by Gasteiger charge is 2.49. The van der Waals surface area contributed by atoms with Crippen LogP contribution < -0.4 is 0 Å². The Morgan fingerprint density at radius 3 is 2.38 bits per heavy atom. The predicted molar refractivity (Wildman–Crippen MR) is 54.4 cm³/mol. The van der Waals surface area contributed by atoms with Gasteiger partial charge in [-0.1, -0.05) is 6.42 Å². The number of methoxy groups -OCH3 is 1. The van der Waals surface area contributed by atoms with Gasteiger partial charge in [0.05, 0.1) is 18.4 Å². The van der Waals surface area contributed by atoms with Crippen molar-refractivity contribution in [2.45, 2.75) is 19.3 Å². The lowest BCUT2D eigenvalue weighted by Gasteiger charge is -2.14. The SMILES string of the molecule is COCC(=O)CN1C(=O)C2CCCC2C1=O. The van der Waals surface area contributed by atoms with Crippen molar-refractivity contribution in [3.05, 3.63) is 0 Å². The van der Waals surface area contributed by atoms with E-state index in [1.807, 2.05) is 0 Å². The number of fused-ring (bicyclic) bond motifs is 1. The van der Waals surface area contributed by atoms with E-state index in [0.29, 0.717) is 0 Å². The second kappa shape index (κ2) is 4.33. The number of carbonyl (C=O) groups excluding carboxylic acids is 3. The van der Waals surface area contributed by atoms with Gasteiger partial charge in [0, 0.05) is 7.11 Å². The molecule has 1 aliphatic heterocycles. The van der Waals surface area contributed by atoms with E-state index >= 15 is 0 Å². The first-order valence-corrected chi connectivity index (χ1v) is 5.51. The second-order valence-electron chi connectivity index (χ2n) is 4.38. The lowest BCUT2D eigenvalue weighted by Crippen LogP contribution is -2.37. The maximum atomic E-state index is 11.8. The Bertz CT molecular complexity index is 317. The van der Waals surface area contributed by atoms with Crippen LogP contribution >= 0.6 is 0 Å². The lowest BCUT2D eigenvalue weighted by atomic mass is 10.00. The molecule has 1 saturated heterocycles. The molecule has 2 rings (SSSR count).